The lowest BCUT2D eigenvalue weighted by Gasteiger charge is -2.11. The number of hydrogen-bond donors (Lipinski definition) is 2. The molecule has 2 N–H and O–H groups in total. The fourth-order valence-corrected chi connectivity index (χ4v) is 3.22. The van der Waals surface area contributed by atoms with Crippen LogP contribution in [-0.4, -0.2) is 39.4 Å². The van der Waals surface area contributed by atoms with Crippen LogP contribution < -0.4 is 14.9 Å². The summed E-state index contributed by atoms with van der Waals surface area (Å²) in [6.45, 7) is 0. The van der Waals surface area contributed by atoms with Crippen molar-refractivity contribution in [2.45, 2.75) is 24.0 Å². The van der Waals surface area contributed by atoms with Gasteiger partial charge in [0, 0.05) is 20.1 Å². The Kier molecular flexibility index (Phi) is 4.29. The fraction of sp³-hybridized carbons (Fsp3) is 0.333. The summed E-state index contributed by atoms with van der Waals surface area (Å²) in [6, 6.07) is 6.03. The molecule has 0 spiro atoms. The monoisotopic (exact) mass is 350 g/mol. The maximum atomic E-state index is 12.1. The minimum absolute atomic E-state index is 0.0290. The van der Waals surface area contributed by atoms with Crippen LogP contribution >= 0.6 is 0 Å². The zero-order valence-corrected chi connectivity index (χ0v) is 14.1. The van der Waals surface area contributed by atoms with Crippen LogP contribution in [0.25, 0.3) is 0 Å². The Balaban J connectivity index is 1.69. The number of aromatic nitrogens is 1. The lowest BCUT2D eigenvalue weighted by atomic mass is 10.3. The number of sulfonamides is 1. The lowest BCUT2D eigenvalue weighted by molar-refractivity contribution is 0.0991. The molecule has 0 atom stereocenters. The van der Waals surface area contributed by atoms with E-state index < -0.39 is 15.9 Å². The summed E-state index contributed by atoms with van der Waals surface area (Å²) in [5.41, 5.74) is 0.488. The molecule has 2 aromatic heterocycles. The van der Waals surface area contributed by atoms with Gasteiger partial charge >= 0.3 is 0 Å². The van der Waals surface area contributed by atoms with E-state index in [1.54, 1.807) is 12.1 Å². The largest absolute Gasteiger partial charge is 0.438 e. The highest BCUT2D eigenvalue weighted by molar-refractivity contribution is 7.89. The summed E-state index contributed by atoms with van der Waals surface area (Å²) in [7, 11) is 0.0121. The van der Waals surface area contributed by atoms with E-state index in [9.17, 15) is 13.2 Å². The van der Waals surface area contributed by atoms with Crippen LogP contribution in [0.15, 0.2) is 40.0 Å². The Bertz CT molecular complexity index is 839. The molecule has 0 aromatic carbocycles. The fourth-order valence-electron chi connectivity index (χ4n) is 1.98. The number of furan rings is 1. The van der Waals surface area contributed by atoms with E-state index in [-0.39, 0.29) is 16.9 Å². The molecule has 1 fully saturated rings. The molecule has 1 saturated carbocycles. The average molecular weight is 350 g/mol. The number of carbonyl (C=O) groups is 1. The maximum absolute atomic E-state index is 12.1. The zero-order chi connectivity index (χ0) is 17.3. The Morgan fingerprint density at radius 1 is 1.25 bits per heavy atom. The summed E-state index contributed by atoms with van der Waals surface area (Å²) >= 11 is 0. The van der Waals surface area contributed by atoms with Gasteiger partial charge in [-0.3, -0.25) is 4.79 Å². The highest BCUT2D eigenvalue weighted by Gasteiger charge is 2.30. The molecule has 2 aromatic rings. The quantitative estimate of drug-likeness (QED) is 0.817. The Morgan fingerprint density at radius 3 is 2.58 bits per heavy atom. The summed E-state index contributed by atoms with van der Waals surface area (Å²) in [5.74, 6) is 0.135. The summed E-state index contributed by atoms with van der Waals surface area (Å²) in [5, 5.41) is 2.35. The van der Waals surface area contributed by atoms with Gasteiger partial charge in [0.05, 0.1) is 11.9 Å². The first-order valence-corrected chi connectivity index (χ1v) is 8.90. The summed E-state index contributed by atoms with van der Waals surface area (Å²) in [4.78, 5) is 18.2. The lowest BCUT2D eigenvalue weighted by Crippen LogP contribution is -2.25. The Hall–Kier alpha value is -2.39. The van der Waals surface area contributed by atoms with E-state index in [0.29, 0.717) is 5.69 Å². The van der Waals surface area contributed by atoms with Crippen molar-refractivity contribution >= 4 is 27.4 Å². The molecule has 1 amide bonds. The molecule has 3 rings (SSSR count). The number of pyridine rings is 1. The van der Waals surface area contributed by atoms with E-state index >= 15 is 0 Å². The normalized spacial score (nSPS) is 14.4. The summed E-state index contributed by atoms with van der Waals surface area (Å²) in [6.07, 6.45) is 3.16. The predicted octanol–water partition coefficient (Wildman–Crippen LogP) is 1.43. The second kappa shape index (κ2) is 6.25. The highest BCUT2D eigenvalue weighted by Crippen LogP contribution is 2.23. The van der Waals surface area contributed by atoms with Crippen molar-refractivity contribution in [3.8, 4) is 0 Å². The molecule has 8 nitrogen and oxygen atoms in total. The van der Waals surface area contributed by atoms with Crippen molar-refractivity contribution in [2.24, 2.45) is 0 Å². The minimum Gasteiger partial charge on any atom is -0.438 e. The first-order chi connectivity index (χ1) is 11.3. The van der Waals surface area contributed by atoms with Crippen molar-refractivity contribution in [3.05, 3.63) is 36.2 Å². The second-order valence-electron chi connectivity index (χ2n) is 5.77. The molecule has 1 aliphatic carbocycles. The maximum Gasteiger partial charge on any atom is 0.291 e. The van der Waals surface area contributed by atoms with E-state index in [1.807, 2.05) is 19.0 Å². The number of nitrogens with zero attached hydrogens (tertiary/aromatic N) is 2. The third-order valence-electron chi connectivity index (χ3n) is 3.43. The third-order valence-corrected chi connectivity index (χ3v) is 4.83. The molecule has 0 radical (unpaired) electrons. The summed E-state index contributed by atoms with van der Waals surface area (Å²) < 4.78 is 31.7. The van der Waals surface area contributed by atoms with E-state index in [0.717, 1.165) is 18.7 Å². The standard InChI is InChI=1S/C15H18N4O4S/c1-19(2)13-7-5-11(9-16-13)17-15(20)12-6-8-14(23-12)24(21,22)18-10-3-4-10/h5-10,18H,3-4H2,1-2H3,(H,17,20). The van der Waals surface area contributed by atoms with Gasteiger partial charge in [0.25, 0.3) is 15.9 Å². The molecule has 24 heavy (non-hydrogen) atoms. The molecule has 0 unspecified atom stereocenters. The number of carbonyl (C=O) groups excluding carboxylic acids is 1. The molecule has 0 bridgehead atoms. The van der Waals surface area contributed by atoms with E-state index in [4.69, 9.17) is 4.42 Å². The van der Waals surface area contributed by atoms with Gasteiger partial charge in [0.2, 0.25) is 5.09 Å². The van der Waals surface area contributed by atoms with Crippen molar-refractivity contribution < 1.29 is 17.6 Å². The average Bonchev–Trinajstić information content (AvgIpc) is 3.17. The van der Waals surface area contributed by atoms with Crippen molar-refractivity contribution in [2.75, 3.05) is 24.3 Å². The Labute approximate surface area is 139 Å². The zero-order valence-electron chi connectivity index (χ0n) is 13.3. The van der Waals surface area contributed by atoms with Crippen LogP contribution in [0.4, 0.5) is 11.5 Å². The van der Waals surface area contributed by atoms with Gasteiger partial charge in [-0.05, 0) is 37.1 Å². The van der Waals surface area contributed by atoms with Gasteiger partial charge in [-0.25, -0.2) is 18.1 Å². The van der Waals surface area contributed by atoms with Crippen LogP contribution in [0.3, 0.4) is 0 Å². The van der Waals surface area contributed by atoms with Crippen molar-refractivity contribution in [1.82, 2.24) is 9.71 Å². The number of anilines is 2. The molecule has 9 heteroatoms. The molecule has 1 aliphatic rings. The minimum atomic E-state index is -3.71. The van der Waals surface area contributed by atoms with Gasteiger partial charge < -0.3 is 14.6 Å². The number of amides is 1. The third kappa shape index (κ3) is 3.74. The van der Waals surface area contributed by atoms with Gasteiger partial charge in [-0.1, -0.05) is 0 Å². The van der Waals surface area contributed by atoms with E-state index in [2.05, 4.69) is 15.0 Å². The SMILES string of the molecule is CN(C)c1ccc(NC(=O)c2ccc(S(=O)(=O)NC3CC3)o2)cn1. The molecule has 2 heterocycles. The van der Waals surface area contributed by atoms with Crippen LogP contribution in [0.1, 0.15) is 23.4 Å². The topological polar surface area (TPSA) is 105 Å². The van der Waals surface area contributed by atoms with Crippen LogP contribution in [0.2, 0.25) is 0 Å². The van der Waals surface area contributed by atoms with Gasteiger partial charge in [-0.2, -0.15) is 0 Å². The molecular formula is C15H18N4O4S. The number of nitrogens with one attached hydrogen (secondary N) is 2. The highest BCUT2D eigenvalue weighted by atomic mass is 32.2. The number of rotatable bonds is 6. The van der Waals surface area contributed by atoms with Gasteiger partial charge in [-0.15, -0.1) is 0 Å². The molecule has 0 saturated heterocycles. The first-order valence-electron chi connectivity index (χ1n) is 7.42. The van der Waals surface area contributed by atoms with Gasteiger partial charge in [0.15, 0.2) is 5.76 Å². The van der Waals surface area contributed by atoms with Gasteiger partial charge in [0.1, 0.15) is 5.82 Å². The van der Waals surface area contributed by atoms with Crippen LogP contribution in [0, 0.1) is 0 Å². The first kappa shape index (κ1) is 16.5. The van der Waals surface area contributed by atoms with Crippen LogP contribution in [-0.2, 0) is 10.0 Å². The molecule has 0 aliphatic heterocycles. The second-order valence-corrected chi connectivity index (χ2v) is 7.41. The van der Waals surface area contributed by atoms with Crippen LogP contribution in [0.5, 0.6) is 0 Å². The van der Waals surface area contributed by atoms with Crippen molar-refractivity contribution in [1.29, 1.82) is 0 Å². The predicted molar refractivity (Wildman–Crippen MR) is 88.6 cm³/mol. The Morgan fingerprint density at radius 2 is 2.00 bits per heavy atom. The smallest absolute Gasteiger partial charge is 0.291 e. The molecule has 128 valence electrons. The number of hydrogen-bond acceptors (Lipinski definition) is 6. The van der Waals surface area contributed by atoms with E-state index in [1.165, 1.54) is 18.3 Å². The molecular weight excluding hydrogens is 332 g/mol. The van der Waals surface area contributed by atoms with Crippen molar-refractivity contribution in [3.63, 3.8) is 0 Å².